The molecular weight excluding hydrogens is 1300 g/mol. The summed E-state index contributed by atoms with van der Waals surface area (Å²) in [5.41, 5.74) is 0. The largest absolute Gasteiger partial charge is 0.390 e. The lowest BCUT2D eigenvalue weighted by Gasteiger charge is -2.41. The molecule has 27 nitrogen and oxygen atoms in total. The van der Waals surface area contributed by atoms with Gasteiger partial charge in [-0.1, -0.05) is 102 Å². The molecule has 2 aliphatic rings. The van der Waals surface area contributed by atoms with Crippen LogP contribution < -0.4 is 26.6 Å². The highest BCUT2D eigenvalue weighted by Gasteiger charge is 2.46. The zero-order valence-electron chi connectivity index (χ0n) is 63.8. The first kappa shape index (κ1) is 89.1. The molecule has 6 N–H and O–H groups in total. The van der Waals surface area contributed by atoms with E-state index in [1.54, 1.807) is 65.5 Å². The van der Waals surface area contributed by atoms with E-state index < -0.39 is 186 Å². The normalized spacial score (nSPS) is 26.9. The summed E-state index contributed by atoms with van der Waals surface area (Å²) >= 11 is 0. The van der Waals surface area contributed by atoms with E-state index in [0.29, 0.717) is 0 Å². The van der Waals surface area contributed by atoms with Crippen LogP contribution in [0.2, 0.25) is 0 Å². The molecule has 0 aromatic rings. The lowest BCUT2D eigenvalue weighted by atomic mass is 9.91. The molecular formula is C70H122F3N13O14. The number of hydrogen-bond donors (Lipinski definition) is 6. The van der Waals surface area contributed by atoms with Gasteiger partial charge in [-0.2, -0.15) is 13.2 Å². The SMILES string of the molecule is C/C=C/C[C@@H](C)[C@@H](O)[C@H]1C(=O)N[C@@H](CC)C(=O)N(C)[C@H](C)C(=O)N[C@@H]([C@H](C)COCC(=O)N2CCN(CCC(F)(F)F)CC2)C(=O)N[C@@H](C(C)C)C(=O)N(C)[C@@H](CC(C)C)C(=O)N[C@@H](C)C(=O)N[C@H](C)C(=O)N(C)[C@@H](CC(C)C)C(=O)N(C)[C@@H](CC(C)C)C(=O)N(C)[C@@H](C(C)C)C(=O)N1C. The first-order chi connectivity index (χ1) is 46.3. The number of rotatable bonds is 20. The van der Waals surface area contributed by atoms with Gasteiger partial charge in [0.1, 0.15) is 73.1 Å². The molecule has 0 spiro atoms. The van der Waals surface area contributed by atoms with Crippen LogP contribution in [0.25, 0.3) is 0 Å². The van der Waals surface area contributed by atoms with Crippen molar-refractivity contribution >= 4 is 70.9 Å². The van der Waals surface area contributed by atoms with Gasteiger partial charge in [0, 0.05) is 80.9 Å². The summed E-state index contributed by atoms with van der Waals surface area (Å²) in [6.07, 6.45) is -2.93. The molecule has 0 saturated carbocycles. The van der Waals surface area contributed by atoms with E-state index in [-0.39, 0.29) is 89.2 Å². The number of aliphatic hydroxyl groups is 1. The molecule has 2 aliphatic heterocycles. The highest BCUT2D eigenvalue weighted by molar-refractivity contribution is 6.00. The van der Waals surface area contributed by atoms with Gasteiger partial charge in [0.05, 0.1) is 19.1 Å². The highest BCUT2D eigenvalue weighted by Crippen LogP contribution is 2.26. The maximum absolute atomic E-state index is 15.3. The Bertz CT molecular complexity index is 2800. The zero-order valence-corrected chi connectivity index (χ0v) is 63.8. The average Bonchev–Trinajstić information content (AvgIpc) is 0.802. The highest BCUT2D eigenvalue weighted by atomic mass is 19.4. The number of hydrogen-bond acceptors (Lipinski definition) is 15. The van der Waals surface area contributed by atoms with E-state index in [1.807, 2.05) is 41.5 Å². The fraction of sp³-hybridized carbons (Fsp3) is 0.800. The summed E-state index contributed by atoms with van der Waals surface area (Å²) < 4.78 is 44.8. The van der Waals surface area contributed by atoms with Crippen LogP contribution in [-0.2, 0) is 62.3 Å². The van der Waals surface area contributed by atoms with Crippen molar-refractivity contribution in [3.05, 3.63) is 12.2 Å². The molecule has 0 aliphatic carbocycles. The summed E-state index contributed by atoms with van der Waals surface area (Å²) in [5.74, 6) is -12.7. The molecule has 100 heavy (non-hydrogen) atoms. The molecule has 0 unspecified atom stereocenters. The van der Waals surface area contributed by atoms with Crippen molar-refractivity contribution in [1.29, 1.82) is 0 Å². The van der Waals surface area contributed by atoms with E-state index in [4.69, 9.17) is 4.74 Å². The van der Waals surface area contributed by atoms with Crippen LogP contribution in [0.1, 0.15) is 156 Å². The number of likely N-dealkylation sites (N-methyl/N-ethyl adjacent to an activating group) is 6. The number of alkyl halides is 3. The predicted octanol–water partition coefficient (Wildman–Crippen LogP) is 3.02. The van der Waals surface area contributed by atoms with Crippen molar-refractivity contribution in [2.24, 2.45) is 41.4 Å². The van der Waals surface area contributed by atoms with Crippen molar-refractivity contribution in [1.82, 2.24) is 65.8 Å². The Morgan fingerprint density at radius 2 is 1.02 bits per heavy atom. The summed E-state index contributed by atoms with van der Waals surface area (Å²) in [5, 5.41) is 25.7. The fourth-order valence-electron chi connectivity index (χ4n) is 12.3. The topological polar surface area (TPSA) is 320 Å². The van der Waals surface area contributed by atoms with Crippen LogP contribution in [0.3, 0.4) is 0 Å². The Labute approximate surface area is 591 Å². The van der Waals surface area contributed by atoms with Gasteiger partial charge in [-0.3, -0.25) is 62.4 Å². The van der Waals surface area contributed by atoms with Gasteiger partial charge in [0.15, 0.2) is 0 Å². The maximum atomic E-state index is 15.3. The third-order valence-corrected chi connectivity index (χ3v) is 19.0. The van der Waals surface area contributed by atoms with E-state index >= 15 is 19.2 Å². The Morgan fingerprint density at radius 3 is 1.51 bits per heavy atom. The molecule has 2 heterocycles. The van der Waals surface area contributed by atoms with Crippen LogP contribution >= 0.6 is 0 Å². The van der Waals surface area contributed by atoms with E-state index in [9.17, 15) is 56.6 Å². The maximum Gasteiger partial charge on any atom is 0.390 e. The van der Waals surface area contributed by atoms with Crippen LogP contribution in [0, 0.1) is 41.4 Å². The number of nitrogens with one attached hydrogen (secondary N) is 5. The number of piperazine rings is 1. The second kappa shape index (κ2) is 40.6. The van der Waals surface area contributed by atoms with E-state index in [2.05, 4.69) is 26.6 Å². The Balaban J connectivity index is 2.96. The smallest absolute Gasteiger partial charge is 0.390 e. The fourth-order valence-corrected chi connectivity index (χ4v) is 12.3. The van der Waals surface area contributed by atoms with E-state index in [0.717, 1.165) is 14.7 Å². The minimum Gasteiger partial charge on any atom is -0.390 e. The molecule has 14 atom stereocenters. The minimum atomic E-state index is -4.34. The van der Waals surface area contributed by atoms with Crippen LogP contribution in [-0.4, -0.2) is 282 Å². The average molecular weight is 1430 g/mol. The monoisotopic (exact) mass is 1430 g/mol. The number of amides is 12. The van der Waals surface area contributed by atoms with Crippen molar-refractivity contribution < 1.29 is 80.5 Å². The second-order valence-corrected chi connectivity index (χ2v) is 29.4. The lowest BCUT2D eigenvalue weighted by Crippen LogP contribution is -2.64. The molecule has 12 amide bonds. The van der Waals surface area contributed by atoms with Crippen molar-refractivity contribution in [3.8, 4) is 0 Å². The number of nitrogens with zero attached hydrogens (tertiary/aromatic N) is 8. The Hall–Kier alpha value is -6.95. The number of carbonyl (C=O) groups is 12. The first-order valence-corrected chi connectivity index (χ1v) is 35.3. The van der Waals surface area contributed by atoms with Crippen LogP contribution in [0.15, 0.2) is 12.2 Å². The summed E-state index contributed by atoms with van der Waals surface area (Å²) in [4.78, 5) is 186. The third kappa shape index (κ3) is 25.8. The zero-order chi connectivity index (χ0) is 76.9. The summed E-state index contributed by atoms with van der Waals surface area (Å²) in [6, 6.07) is -15.0. The Morgan fingerprint density at radius 1 is 0.540 bits per heavy atom. The summed E-state index contributed by atoms with van der Waals surface area (Å²) in [7, 11) is 8.22. The van der Waals surface area contributed by atoms with Gasteiger partial charge in [0.2, 0.25) is 70.9 Å². The van der Waals surface area contributed by atoms with Crippen LogP contribution in [0.5, 0.6) is 0 Å². The quantitative estimate of drug-likeness (QED) is 0.0955. The van der Waals surface area contributed by atoms with Gasteiger partial charge in [-0.15, -0.1) is 0 Å². The number of halogens is 3. The van der Waals surface area contributed by atoms with Crippen molar-refractivity contribution in [3.63, 3.8) is 0 Å². The molecule has 2 rings (SSSR count). The van der Waals surface area contributed by atoms with Crippen molar-refractivity contribution in [2.75, 3.05) is 88.2 Å². The molecule has 0 aromatic heterocycles. The van der Waals surface area contributed by atoms with Gasteiger partial charge < -0.3 is 70.7 Å². The Kier molecular flexibility index (Phi) is 36.2. The van der Waals surface area contributed by atoms with Gasteiger partial charge in [-0.05, 0) is 95.3 Å². The molecule has 0 aromatic carbocycles. The number of aliphatic hydroxyl groups excluding tert-OH is 1. The van der Waals surface area contributed by atoms with E-state index in [1.165, 1.54) is 89.6 Å². The lowest BCUT2D eigenvalue weighted by molar-refractivity contribution is -0.157. The number of allylic oxidation sites excluding steroid dienone is 2. The van der Waals surface area contributed by atoms with Gasteiger partial charge in [0.25, 0.3) is 0 Å². The number of ether oxygens (including phenoxy) is 1. The minimum absolute atomic E-state index is 0.0682. The summed E-state index contributed by atoms with van der Waals surface area (Å²) in [6.45, 7) is 28.0. The first-order valence-electron chi connectivity index (χ1n) is 35.3. The second-order valence-electron chi connectivity index (χ2n) is 29.4. The third-order valence-electron chi connectivity index (χ3n) is 19.0. The molecule has 0 bridgehead atoms. The molecule has 30 heteroatoms. The van der Waals surface area contributed by atoms with Gasteiger partial charge >= 0.3 is 6.18 Å². The predicted molar refractivity (Wildman–Crippen MR) is 373 cm³/mol. The molecule has 2 saturated heterocycles. The van der Waals surface area contributed by atoms with Crippen LogP contribution in [0.4, 0.5) is 13.2 Å². The standard InChI is InChI=1S/C70H122F3N13O14/c1-24-26-27-44(13)58(88)57-63(93)76-49(25-2)65(95)79(18)48(17)60(90)78-55(45(14)37-100-38-53(87)86-32-30-85(31-33-86)29-28-70(71,72)73)62(92)77-54(42(9)10)68(98)80(19)50(34-39(3)4)61(91)74-46(15)59(89)75-47(16)64(94)81(20)51(35-40(5)6)66(96)82(21)52(36-41(7)8)67(97)83(22)56(43(11)12)69(99)84(57)23/h24,26,39-52,54-58,88H,25,27-38H2,1-23H3,(H,74,91)(H,75,89)(H,76,93)(H,77,92)(H,78,90)/b26-24+/t44-,45-,46+,47-,48-,49+,50+,51+,52+,54+,55+,56+,57+,58-/m1/s1. The molecule has 572 valence electrons. The molecule has 2 fully saturated rings. The number of carbonyl (C=O) groups excluding carboxylic acids is 12. The van der Waals surface area contributed by atoms with Crippen molar-refractivity contribution in [2.45, 2.75) is 235 Å². The van der Waals surface area contributed by atoms with Gasteiger partial charge in [-0.25, -0.2) is 0 Å². The molecule has 0 radical (unpaired) electrons.